The first-order valence-corrected chi connectivity index (χ1v) is 9.53. The molecule has 3 aromatic rings. The van der Waals surface area contributed by atoms with Crippen LogP contribution in [0.25, 0.3) is 22.6 Å². The van der Waals surface area contributed by atoms with Crippen LogP contribution in [0.1, 0.15) is 25.7 Å². The first kappa shape index (κ1) is 17.9. The minimum atomic E-state index is -0.868. The molecule has 3 fully saturated rings. The largest absolute Gasteiger partial charge is 0.481 e. The van der Waals surface area contributed by atoms with Crippen LogP contribution in [0.15, 0.2) is 18.5 Å². The highest BCUT2D eigenvalue weighted by atomic mass is 19.1. The first-order valence-electron chi connectivity index (χ1n) is 9.53. The Hall–Kier alpha value is -3.17. The van der Waals surface area contributed by atoms with Gasteiger partial charge >= 0.3 is 5.97 Å². The number of hydrogen-bond donors (Lipinski definition) is 3. The predicted octanol–water partition coefficient (Wildman–Crippen LogP) is 2.99. The molecule has 0 radical (unpaired) electrons. The van der Waals surface area contributed by atoms with E-state index in [0.717, 1.165) is 38.1 Å². The number of anilines is 1. The van der Waals surface area contributed by atoms with Gasteiger partial charge in [-0.2, -0.15) is 5.10 Å². The van der Waals surface area contributed by atoms with Crippen LogP contribution in [0, 0.1) is 29.4 Å². The highest BCUT2D eigenvalue weighted by molar-refractivity contribution is 5.88. The fourth-order valence-electron chi connectivity index (χ4n) is 4.80. The van der Waals surface area contributed by atoms with Crippen LogP contribution < -0.4 is 5.32 Å². The number of rotatable bonds is 4. The second-order valence-corrected chi connectivity index (χ2v) is 7.72. The summed E-state index contributed by atoms with van der Waals surface area (Å²) in [5.41, 5.74) is 0.606. The molecule has 3 aliphatic carbocycles. The predicted molar refractivity (Wildman–Crippen MR) is 98.8 cm³/mol. The molecule has 10 heteroatoms. The minimum absolute atomic E-state index is 0.0640. The van der Waals surface area contributed by atoms with Crippen LogP contribution in [-0.4, -0.2) is 42.3 Å². The van der Waals surface area contributed by atoms with Gasteiger partial charge in [0.25, 0.3) is 0 Å². The summed E-state index contributed by atoms with van der Waals surface area (Å²) in [7, 11) is 0. The number of carbonyl (C=O) groups is 1. The minimum Gasteiger partial charge on any atom is -0.481 e. The van der Waals surface area contributed by atoms with Crippen LogP contribution in [0.4, 0.5) is 14.6 Å². The summed E-state index contributed by atoms with van der Waals surface area (Å²) in [6, 6.07) is 0.858. The third-order valence-electron chi connectivity index (χ3n) is 6.15. The Morgan fingerprint density at radius 1 is 1.14 bits per heavy atom. The third kappa shape index (κ3) is 2.99. The van der Waals surface area contributed by atoms with E-state index >= 15 is 0 Å². The quantitative estimate of drug-likeness (QED) is 0.616. The molecule has 0 aromatic carbocycles. The number of nitrogens with zero attached hydrogens (tertiary/aromatic N) is 4. The molecule has 0 aliphatic heterocycles. The Morgan fingerprint density at radius 2 is 1.90 bits per heavy atom. The van der Waals surface area contributed by atoms with E-state index in [1.165, 1.54) is 6.07 Å². The molecule has 6 rings (SSSR count). The topological polar surface area (TPSA) is 117 Å². The van der Waals surface area contributed by atoms with Gasteiger partial charge in [-0.3, -0.25) is 9.89 Å². The number of fused-ring (bicyclic) bond motifs is 4. The number of aromatic nitrogens is 5. The van der Waals surface area contributed by atoms with Crippen molar-refractivity contribution >= 4 is 22.8 Å². The lowest BCUT2D eigenvalue weighted by Crippen LogP contribution is -2.51. The zero-order valence-electron chi connectivity index (χ0n) is 15.3. The maximum Gasteiger partial charge on any atom is 0.308 e. The van der Waals surface area contributed by atoms with E-state index in [1.54, 1.807) is 0 Å². The van der Waals surface area contributed by atoms with Crippen LogP contribution in [0.3, 0.4) is 0 Å². The fourth-order valence-corrected chi connectivity index (χ4v) is 4.80. The number of halogens is 2. The molecule has 3 N–H and O–H groups in total. The van der Waals surface area contributed by atoms with Crippen molar-refractivity contribution in [2.75, 3.05) is 5.32 Å². The number of carboxylic acids is 1. The summed E-state index contributed by atoms with van der Waals surface area (Å²) in [6.07, 6.45) is 5.67. The van der Waals surface area contributed by atoms with E-state index in [4.69, 9.17) is 0 Å². The Bertz CT molecular complexity index is 1100. The van der Waals surface area contributed by atoms with Crippen molar-refractivity contribution in [1.82, 2.24) is 25.1 Å². The zero-order valence-corrected chi connectivity index (χ0v) is 15.3. The van der Waals surface area contributed by atoms with Gasteiger partial charge in [-0.25, -0.2) is 23.7 Å². The van der Waals surface area contributed by atoms with E-state index in [1.807, 2.05) is 0 Å². The van der Waals surface area contributed by atoms with Crippen molar-refractivity contribution < 1.29 is 18.7 Å². The van der Waals surface area contributed by atoms with Gasteiger partial charge in [0.15, 0.2) is 23.1 Å². The highest BCUT2D eigenvalue weighted by Crippen LogP contribution is 2.46. The van der Waals surface area contributed by atoms with Gasteiger partial charge in [-0.15, -0.1) is 0 Å². The number of hydrogen-bond acceptors (Lipinski definition) is 6. The molecule has 29 heavy (non-hydrogen) atoms. The van der Waals surface area contributed by atoms with E-state index < -0.39 is 29.6 Å². The monoisotopic (exact) mass is 400 g/mol. The number of H-pyrrole nitrogens is 1. The Labute approximate surface area is 163 Å². The van der Waals surface area contributed by atoms with Crippen molar-refractivity contribution in [2.45, 2.75) is 31.7 Å². The standard InChI is InChI=1S/C19H18F2N6O2/c20-10-5-11-15(26-27-16(11)22-6-10)18-23-7-12(21)17(25-18)24-14-9-3-1-8(2-4-9)13(14)19(28)29/h5-9,13-14H,1-4H2,(H,28,29)(H,22,26,27)(H,23,24,25)/t8?,9?,13-,14-/m1/s1. The number of pyridine rings is 1. The summed E-state index contributed by atoms with van der Waals surface area (Å²) in [4.78, 5) is 24.0. The lowest BCUT2D eigenvalue weighted by Gasteiger charge is -2.47. The third-order valence-corrected chi connectivity index (χ3v) is 6.15. The summed E-state index contributed by atoms with van der Waals surface area (Å²) in [6.45, 7) is 0. The SMILES string of the molecule is O=C(O)[C@@H]1C2CCC(CC2)[C@H]1Nc1nc(-c2[nH]nc3ncc(F)cc23)ncc1F. The zero-order chi connectivity index (χ0) is 20.1. The van der Waals surface area contributed by atoms with E-state index in [2.05, 4.69) is 30.5 Å². The van der Waals surface area contributed by atoms with Crippen molar-refractivity contribution in [2.24, 2.45) is 17.8 Å². The van der Waals surface area contributed by atoms with Gasteiger partial charge in [0.2, 0.25) is 0 Å². The second kappa shape index (κ2) is 6.71. The molecule has 2 atom stereocenters. The molecule has 3 saturated carbocycles. The van der Waals surface area contributed by atoms with E-state index in [-0.39, 0.29) is 23.5 Å². The summed E-state index contributed by atoms with van der Waals surface area (Å²) in [5, 5.41) is 19.8. The molecule has 3 aromatic heterocycles. The molecule has 150 valence electrons. The summed E-state index contributed by atoms with van der Waals surface area (Å²) >= 11 is 0. The molecular weight excluding hydrogens is 382 g/mol. The van der Waals surface area contributed by atoms with Gasteiger partial charge in [0.05, 0.1) is 23.7 Å². The molecular formula is C19H18F2N6O2. The van der Waals surface area contributed by atoms with Crippen LogP contribution in [-0.2, 0) is 4.79 Å². The molecule has 0 amide bonds. The lowest BCUT2D eigenvalue weighted by molar-refractivity contribution is -0.148. The van der Waals surface area contributed by atoms with Gasteiger partial charge in [0.1, 0.15) is 11.5 Å². The smallest absolute Gasteiger partial charge is 0.308 e. The van der Waals surface area contributed by atoms with Gasteiger partial charge in [0, 0.05) is 6.04 Å². The highest BCUT2D eigenvalue weighted by Gasteiger charge is 2.47. The van der Waals surface area contributed by atoms with Crippen molar-refractivity contribution in [3.63, 3.8) is 0 Å². The maximum absolute atomic E-state index is 14.5. The summed E-state index contributed by atoms with van der Waals surface area (Å²) < 4.78 is 28.1. The van der Waals surface area contributed by atoms with Gasteiger partial charge in [-0.05, 0) is 43.6 Å². The first-order chi connectivity index (χ1) is 14.0. The number of aromatic amines is 1. The molecule has 0 unspecified atom stereocenters. The summed E-state index contributed by atoms with van der Waals surface area (Å²) in [5.74, 6) is -2.35. The van der Waals surface area contributed by atoms with Gasteiger partial charge in [-0.1, -0.05) is 0 Å². The lowest BCUT2D eigenvalue weighted by atomic mass is 9.61. The van der Waals surface area contributed by atoms with Crippen molar-refractivity contribution in [3.05, 3.63) is 30.1 Å². The normalized spacial score (nSPS) is 26.0. The average molecular weight is 400 g/mol. The Balaban J connectivity index is 1.51. The molecule has 3 aliphatic rings. The van der Waals surface area contributed by atoms with Crippen LogP contribution in [0.5, 0.6) is 0 Å². The molecule has 0 spiro atoms. The van der Waals surface area contributed by atoms with E-state index in [9.17, 15) is 18.7 Å². The molecule has 2 bridgehead atoms. The molecule has 3 heterocycles. The second-order valence-electron chi connectivity index (χ2n) is 7.72. The van der Waals surface area contributed by atoms with Gasteiger partial charge < -0.3 is 10.4 Å². The van der Waals surface area contributed by atoms with Crippen LogP contribution in [0.2, 0.25) is 0 Å². The van der Waals surface area contributed by atoms with Crippen LogP contribution >= 0.6 is 0 Å². The molecule has 0 saturated heterocycles. The Morgan fingerprint density at radius 3 is 2.66 bits per heavy atom. The Kier molecular flexibility index (Phi) is 4.14. The number of aliphatic carboxylic acids is 1. The van der Waals surface area contributed by atoms with Crippen molar-refractivity contribution in [3.8, 4) is 11.5 Å². The fraction of sp³-hybridized carbons (Fsp3) is 0.421. The number of carboxylic acid groups (broad SMARTS) is 1. The van der Waals surface area contributed by atoms with E-state index in [0.29, 0.717) is 16.7 Å². The number of nitrogens with one attached hydrogen (secondary N) is 2. The average Bonchev–Trinajstić information content (AvgIpc) is 3.13. The molecule has 8 nitrogen and oxygen atoms in total. The van der Waals surface area contributed by atoms with Crippen molar-refractivity contribution in [1.29, 1.82) is 0 Å². The maximum atomic E-state index is 14.5.